The van der Waals surface area contributed by atoms with Crippen LogP contribution in [0.25, 0.3) is 0 Å². The van der Waals surface area contributed by atoms with E-state index < -0.39 is 0 Å². The van der Waals surface area contributed by atoms with Crippen molar-refractivity contribution >= 4 is 28.8 Å². The van der Waals surface area contributed by atoms with Gasteiger partial charge in [0, 0.05) is 11.4 Å². The van der Waals surface area contributed by atoms with Gasteiger partial charge in [-0.05, 0) is 30.5 Å². The molecule has 0 aliphatic heterocycles. The largest absolute Gasteiger partial charge is 0.378 e. The van der Waals surface area contributed by atoms with E-state index >= 15 is 0 Å². The van der Waals surface area contributed by atoms with Gasteiger partial charge in [0.05, 0.1) is 6.54 Å². The maximum absolute atomic E-state index is 4.29. The number of aryl methyl sites for hydroxylation is 2. The minimum Gasteiger partial charge on any atom is -0.378 e. The molecule has 118 valence electrons. The van der Waals surface area contributed by atoms with Gasteiger partial charge in [-0.3, -0.25) is 0 Å². The van der Waals surface area contributed by atoms with Gasteiger partial charge < -0.3 is 5.32 Å². The van der Waals surface area contributed by atoms with Gasteiger partial charge in [0.1, 0.15) is 5.01 Å². The number of hydrogen-bond acceptors (Lipinski definition) is 5. The maximum Gasteiger partial charge on any atom is 0.174 e. The van der Waals surface area contributed by atoms with Gasteiger partial charge in [-0.2, -0.15) is 0 Å². The fourth-order valence-corrected chi connectivity index (χ4v) is 4.14. The molecule has 0 fully saturated rings. The van der Waals surface area contributed by atoms with Gasteiger partial charge >= 0.3 is 0 Å². The number of aromatic nitrogens is 2. The van der Waals surface area contributed by atoms with Crippen LogP contribution >= 0.6 is 23.1 Å². The zero-order valence-corrected chi connectivity index (χ0v) is 14.9. The molecule has 1 heterocycles. The van der Waals surface area contributed by atoms with Crippen LogP contribution in [0.15, 0.2) is 52.9 Å². The van der Waals surface area contributed by atoms with Crippen molar-refractivity contribution in [3.05, 3.63) is 70.2 Å². The van der Waals surface area contributed by atoms with Crippen molar-refractivity contribution in [1.29, 1.82) is 0 Å². The Labute approximate surface area is 145 Å². The molecule has 0 unspecified atom stereocenters. The van der Waals surface area contributed by atoms with Crippen LogP contribution in [0.4, 0.5) is 5.69 Å². The van der Waals surface area contributed by atoms with Crippen LogP contribution in [0.2, 0.25) is 0 Å². The van der Waals surface area contributed by atoms with Crippen LogP contribution in [-0.4, -0.2) is 10.2 Å². The number of hydrogen-bond donors (Lipinski definition) is 1. The molecule has 0 aliphatic rings. The van der Waals surface area contributed by atoms with E-state index in [4.69, 9.17) is 0 Å². The number of nitrogens with zero attached hydrogens (tertiary/aromatic N) is 2. The van der Waals surface area contributed by atoms with Crippen molar-refractivity contribution in [3.8, 4) is 0 Å². The molecule has 0 amide bonds. The summed E-state index contributed by atoms with van der Waals surface area (Å²) < 4.78 is 1.02. The molecule has 0 spiro atoms. The fraction of sp³-hybridized carbons (Fsp3) is 0.222. The minimum absolute atomic E-state index is 0.718. The third kappa shape index (κ3) is 4.33. The van der Waals surface area contributed by atoms with E-state index in [-0.39, 0.29) is 0 Å². The number of rotatable bonds is 6. The molecule has 3 nitrogen and oxygen atoms in total. The summed E-state index contributed by atoms with van der Waals surface area (Å²) in [7, 11) is 0. The lowest BCUT2D eigenvalue weighted by molar-refractivity contribution is 0.946. The molecule has 23 heavy (non-hydrogen) atoms. The summed E-state index contributed by atoms with van der Waals surface area (Å²) in [5.74, 6) is 0.930. The van der Waals surface area contributed by atoms with Crippen LogP contribution in [0.3, 0.4) is 0 Å². The molecular weight excluding hydrogens is 322 g/mol. The summed E-state index contributed by atoms with van der Waals surface area (Å²) in [5, 5.41) is 13.1. The molecule has 1 N–H and O–H groups in total. The number of nitrogens with one attached hydrogen (secondary N) is 1. The average molecular weight is 342 g/mol. The van der Waals surface area contributed by atoms with Gasteiger partial charge in [-0.1, -0.05) is 71.6 Å². The highest BCUT2D eigenvalue weighted by molar-refractivity contribution is 8.00. The molecule has 2 aromatic carbocycles. The first-order valence-corrected chi connectivity index (χ1v) is 9.32. The average Bonchev–Trinajstić information content (AvgIpc) is 3.01. The van der Waals surface area contributed by atoms with Crippen molar-refractivity contribution in [2.24, 2.45) is 0 Å². The van der Waals surface area contributed by atoms with Crippen molar-refractivity contribution < 1.29 is 0 Å². The number of thioether (sulfide) groups is 1. The van der Waals surface area contributed by atoms with E-state index in [1.165, 1.54) is 22.4 Å². The molecule has 0 bridgehead atoms. The highest BCUT2D eigenvalue weighted by atomic mass is 32.2. The van der Waals surface area contributed by atoms with Gasteiger partial charge in [0.2, 0.25) is 0 Å². The lowest BCUT2D eigenvalue weighted by Crippen LogP contribution is -2.02. The standard InChI is InChI=1S/C18H19N3S2/c1-13-7-6-8-14(2)17(13)19-11-16-20-21-18(23-16)22-12-15-9-4-3-5-10-15/h3-10,19H,11-12H2,1-2H3. The summed E-state index contributed by atoms with van der Waals surface area (Å²) in [6.07, 6.45) is 0. The first-order chi connectivity index (χ1) is 11.2. The van der Waals surface area contributed by atoms with Crippen molar-refractivity contribution in [3.63, 3.8) is 0 Å². The Hall–Kier alpha value is -1.85. The third-order valence-electron chi connectivity index (χ3n) is 3.55. The summed E-state index contributed by atoms with van der Waals surface area (Å²) in [4.78, 5) is 0. The van der Waals surface area contributed by atoms with Gasteiger partial charge in [0.25, 0.3) is 0 Å². The summed E-state index contributed by atoms with van der Waals surface area (Å²) in [5.41, 5.74) is 5.02. The Balaban J connectivity index is 1.57. The van der Waals surface area contributed by atoms with E-state index in [1.807, 2.05) is 6.07 Å². The summed E-state index contributed by atoms with van der Waals surface area (Å²) >= 11 is 3.40. The Morgan fingerprint density at radius 1 is 0.957 bits per heavy atom. The van der Waals surface area contributed by atoms with Gasteiger partial charge in [-0.15, -0.1) is 10.2 Å². The second kappa shape index (κ2) is 7.62. The van der Waals surface area contributed by atoms with Crippen LogP contribution in [0, 0.1) is 13.8 Å². The molecular formula is C18H19N3S2. The van der Waals surface area contributed by atoms with E-state index in [2.05, 4.69) is 71.8 Å². The molecule has 0 atom stereocenters. The Bertz CT molecular complexity index is 749. The molecule has 3 aromatic rings. The smallest absolute Gasteiger partial charge is 0.174 e. The first kappa shape index (κ1) is 16.0. The van der Waals surface area contributed by atoms with E-state index in [9.17, 15) is 0 Å². The Morgan fingerprint density at radius 2 is 1.70 bits per heavy atom. The van der Waals surface area contributed by atoms with E-state index in [0.717, 1.165) is 21.6 Å². The second-order valence-corrected chi connectivity index (χ2v) is 7.64. The minimum atomic E-state index is 0.718. The molecule has 0 saturated carbocycles. The van der Waals surface area contributed by atoms with Crippen LogP contribution in [0.1, 0.15) is 21.7 Å². The van der Waals surface area contributed by atoms with E-state index in [0.29, 0.717) is 0 Å². The van der Waals surface area contributed by atoms with Gasteiger partial charge in [-0.25, -0.2) is 0 Å². The first-order valence-electron chi connectivity index (χ1n) is 7.51. The highest BCUT2D eigenvalue weighted by Gasteiger charge is 2.07. The maximum atomic E-state index is 4.29. The van der Waals surface area contributed by atoms with Crippen LogP contribution < -0.4 is 5.32 Å². The molecule has 0 saturated heterocycles. The molecule has 0 radical (unpaired) electrons. The SMILES string of the molecule is Cc1cccc(C)c1NCc1nnc(SCc2ccccc2)s1. The fourth-order valence-electron chi connectivity index (χ4n) is 2.34. The van der Waals surface area contributed by atoms with Crippen LogP contribution in [0.5, 0.6) is 0 Å². The van der Waals surface area contributed by atoms with Crippen LogP contribution in [-0.2, 0) is 12.3 Å². The lowest BCUT2D eigenvalue weighted by Gasteiger charge is -2.10. The number of anilines is 1. The molecule has 1 aromatic heterocycles. The normalized spacial score (nSPS) is 10.7. The predicted octanol–water partition coefficient (Wildman–Crippen LogP) is 5.06. The van der Waals surface area contributed by atoms with Crippen molar-refractivity contribution in [2.45, 2.75) is 30.5 Å². The quantitative estimate of drug-likeness (QED) is 0.636. The predicted molar refractivity (Wildman–Crippen MR) is 99.2 cm³/mol. The Kier molecular flexibility index (Phi) is 5.31. The molecule has 0 aliphatic carbocycles. The topological polar surface area (TPSA) is 37.8 Å². The molecule has 5 heteroatoms. The monoisotopic (exact) mass is 341 g/mol. The molecule has 3 rings (SSSR count). The van der Waals surface area contributed by atoms with Crippen molar-refractivity contribution in [1.82, 2.24) is 10.2 Å². The second-order valence-electron chi connectivity index (χ2n) is 5.36. The lowest BCUT2D eigenvalue weighted by atomic mass is 10.1. The summed E-state index contributed by atoms with van der Waals surface area (Å²) in [6.45, 7) is 4.96. The zero-order valence-electron chi connectivity index (χ0n) is 13.2. The zero-order chi connectivity index (χ0) is 16.1. The third-order valence-corrected chi connectivity index (χ3v) is 5.68. The Morgan fingerprint density at radius 3 is 2.43 bits per heavy atom. The van der Waals surface area contributed by atoms with Gasteiger partial charge in [0.15, 0.2) is 4.34 Å². The van der Waals surface area contributed by atoms with Crippen molar-refractivity contribution in [2.75, 3.05) is 5.32 Å². The summed E-state index contributed by atoms with van der Waals surface area (Å²) in [6, 6.07) is 16.8. The van der Waals surface area contributed by atoms with E-state index in [1.54, 1.807) is 23.1 Å². The number of para-hydroxylation sites is 1. The number of benzene rings is 2. The highest BCUT2D eigenvalue weighted by Crippen LogP contribution is 2.27.